The van der Waals surface area contributed by atoms with Crippen LogP contribution in [0.15, 0.2) is 0 Å². The second-order valence-corrected chi connectivity index (χ2v) is 5.90. The Kier molecular flexibility index (Phi) is 6.57. The summed E-state index contributed by atoms with van der Waals surface area (Å²) in [6, 6.07) is 0.790. The van der Waals surface area contributed by atoms with Crippen molar-refractivity contribution < 1.29 is 4.74 Å². The van der Waals surface area contributed by atoms with Crippen molar-refractivity contribution in [2.24, 2.45) is 5.92 Å². The molecule has 2 saturated heterocycles. The van der Waals surface area contributed by atoms with Gasteiger partial charge in [-0.25, -0.2) is 0 Å². The summed E-state index contributed by atoms with van der Waals surface area (Å²) in [6.07, 6.45) is 2.58. The molecule has 2 fully saturated rings. The van der Waals surface area contributed by atoms with Gasteiger partial charge < -0.3 is 15.0 Å². The molecule has 0 saturated carbocycles. The molecule has 2 rings (SSSR count). The zero-order valence-electron chi connectivity index (χ0n) is 12.7. The molecular formula is C15H31N3O. The highest BCUT2D eigenvalue weighted by atomic mass is 16.5. The van der Waals surface area contributed by atoms with Gasteiger partial charge in [0.15, 0.2) is 0 Å². The van der Waals surface area contributed by atoms with Gasteiger partial charge in [0.2, 0.25) is 0 Å². The van der Waals surface area contributed by atoms with E-state index < -0.39 is 0 Å². The van der Waals surface area contributed by atoms with Crippen molar-refractivity contribution in [2.45, 2.75) is 32.7 Å². The van der Waals surface area contributed by atoms with E-state index in [1.807, 2.05) is 0 Å². The van der Waals surface area contributed by atoms with E-state index in [2.05, 4.69) is 29.0 Å². The largest absolute Gasteiger partial charge is 0.381 e. The highest BCUT2D eigenvalue weighted by Gasteiger charge is 2.25. The minimum atomic E-state index is 0.752. The lowest BCUT2D eigenvalue weighted by Crippen LogP contribution is -2.39. The Morgan fingerprint density at radius 2 is 2.11 bits per heavy atom. The summed E-state index contributed by atoms with van der Waals surface area (Å²) in [4.78, 5) is 5.21. The predicted octanol–water partition coefficient (Wildman–Crippen LogP) is 1.03. The molecule has 2 unspecified atom stereocenters. The third-order valence-electron chi connectivity index (χ3n) is 4.64. The average Bonchev–Trinajstić information content (AvgIpc) is 3.08. The van der Waals surface area contributed by atoms with Gasteiger partial charge in [-0.1, -0.05) is 13.8 Å². The molecule has 0 aromatic heterocycles. The third kappa shape index (κ3) is 4.71. The maximum Gasteiger partial charge on any atom is 0.0507 e. The molecule has 0 radical (unpaired) electrons. The summed E-state index contributed by atoms with van der Waals surface area (Å²) in [5.74, 6) is 0.752. The quantitative estimate of drug-likeness (QED) is 0.666. The summed E-state index contributed by atoms with van der Waals surface area (Å²) >= 11 is 0. The van der Waals surface area contributed by atoms with E-state index in [9.17, 15) is 0 Å². The van der Waals surface area contributed by atoms with Crippen LogP contribution in [0.1, 0.15) is 26.7 Å². The number of hydrogen-bond donors (Lipinski definition) is 1. The Labute approximate surface area is 118 Å². The van der Waals surface area contributed by atoms with Crippen molar-refractivity contribution in [3.8, 4) is 0 Å². The molecule has 0 aromatic carbocycles. The zero-order chi connectivity index (χ0) is 13.5. The maximum absolute atomic E-state index is 5.40. The van der Waals surface area contributed by atoms with E-state index in [1.165, 1.54) is 45.6 Å². The molecule has 0 bridgehead atoms. The van der Waals surface area contributed by atoms with E-state index in [4.69, 9.17) is 4.74 Å². The van der Waals surface area contributed by atoms with Crippen molar-refractivity contribution >= 4 is 0 Å². The van der Waals surface area contributed by atoms with Crippen LogP contribution in [0.4, 0.5) is 0 Å². The van der Waals surface area contributed by atoms with Crippen LogP contribution < -0.4 is 5.32 Å². The predicted molar refractivity (Wildman–Crippen MR) is 79.6 cm³/mol. The van der Waals surface area contributed by atoms with Crippen molar-refractivity contribution in [3.05, 3.63) is 0 Å². The topological polar surface area (TPSA) is 27.7 Å². The van der Waals surface area contributed by atoms with E-state index in [0.29, 0.717) is 0 Å². The molecule has 2 heterocycles. The number of hydrogen-bond acceptors (Lipinski definition) is 4. The van der Waals surface area contributed by atoms with Gasteiger partial charge in [0.1, 0.15) is 0 Å². The van der Waals surface area contributed by atoms with Crippen molar-refractivity contribution in [1.29, 1.82) is 0 Å². The van der Waals surface area contributed by atoms with Crippen LogP contribution in [0.2, 0.25) is 0 Å². The normalized spacial score (nSPS) is 28.6. The summed E-state index contributed by atoms with van der Waals surface area (Å²) < 4.78 is 5.40. The van der Waals surface area contributed by atoms with Crippen LogP contribution in [0, 0.1) is 5.92 Å². The monoisotopic (exact) mass is 269 g/mol. The molecule has 0 aromatic rings. The summed E-state index contributed by atoms with van der Waals surface area (Å²) in [5.41, 5.74) is 0. The number of likely N-dealkylation sites (tertiary alicyclic amines) is 1. The fourth-order valence-electron chi connectivity index (χ4n) is 3.34. The van der Waals surface area contributed by atoms with Crippen molar-refractivity contribution in [2.75, 3.05) is 59.0 Å². The number of rotatable bonds is 8. The lowest BCUT2D eigenvalue weighted by molar-refractivity contribution is 0.184. The molecular weight excluding hydrogens is 238 g/mol. The van der Waals surface area contributed by atoms with E-state index in [0.717, 1.165) is 38.3 Å². The van der Waals surface area contributed by atoms with E-state index in [-0.39, 0.29) is 0 Å². The van der Waals surface area contributed by atoms with E-state index >= 15 is 0 Å². The SMILES string of the molecule is CCN(CC)C1CCN(CCNCC2CCOC2)C1. The van der Waals surface area contributed by atoms with Crippen LogP contribution in [0.3, 0.4) is 0 Å². The van der Waals surface area contributed by atoms with Crippen molar-refractivity contribution in [3.63, 3.8) is 0 Å². The highest BCUT2D eigenvalue weighted by molar-refractivity contribution is 4.82. The van der Waals surface area contributed by atoms with Gasteiger partial charge >= 0.3 is 0 Å². The molecule has 0 amide bonds. The lowest BCUT2D eigenvalue weighted by Gasteiger charge is -2.26. The summed E-state index contributed by atoms with van der Waals surface area (Å²) in [7, 11) is 0. The highest BCUT2D eigenvalue weighted by Crippen LogP contribution is 2.15. The van der Waals surface area contributed by atoms with Gasteiger partial charge in [0.25, 0.3) is 0 Å². The Balaban J connectivity index is 1.54. The first-order valence-electron chi connectivity index (χ1n) is 8.08. The van der Waals surface area contributed by atoms with Gasteiger partial charge in [-0.2, -0.15) is 0 Å². The Morgan fingerprint density at radius 1 is 1.26 bits per heavy atom. The first-order valence-corrected chi connectivity index (χ1v) is 8.08. The minimum Gasteiger partial charge on any atom is -0.381 e. The molecule has 2 aliphatic heterocycles. The van der Waals surface area contributed by atoms with Gasteiger partial charge in [-0.3, -0.25) is 4.90 Å². The van der Waals surface area contributed by atoms with Crippen LogP contribution in [-0.4, -0.2) is 74.9 Å². The molecule has 2 atom stereocenters. The standard InChI is InChI=1S/C15H31N3O/c1-3-18(4-2)15-5-8-17(12-15)9-7-16-11-14-6-10-19-13-14/h14-16H,3-13H2,1-2H3. The van der Waals surface area contributed by atoms with E-state index in [1.54, 1.807) is 0 Å². The minimum absolute atomic E-state index is 0.752. The molecule has 1 N–H and O–H groups in total. The fraction of sp³-hybridized carbons (Fsp3) is 1.00. The van der Waals surface area contributed by atoms with Crippen LogP contribution in [0.5, 0.6) is 0 Å². The first-order chi connectivity index (χ1) is 9.33. The number of ether oxygens (including phenoxy) is 1. The molecule has 2 aliphatic rings. The summed E-state index contributed by atoms with van der Waals surface area (Å²) in [5, 5.41) is 3.59. The van der Waals surface area contributed by atoms with Crippen LogP contribution >= 0.6 is 0 Å². The van der Waals surface area contributed by atoms with Gasteiger partial charge in [0, 0.05) is 38.8 Å². The molecule has 112 valence electrons. The lowest BCUT2D eigenvalue weighted by atomic mass is 10.1. The van der Waals surface area contributed by atoms with Gasteiger partial charge in [-0.15, -0.1) is 0 Å². The number of nitrogens with one attached hydrogen (secondary N) is 1. The van der Waals surface area contributed by atoms with Gasteiger partial charge in [0.05, 0.1) is 6.61 Å². The Bertz CT molecular complexity index is 240. The molecule has 0 spiro atoms. The number of nitrogens with zero attached hydrogens (tertiary/aromatic N) is 2. The van der Waals surface area contributed by atoms with Crippen LogP contribution in [0.25, 0.3) is 0 Å². The molecule has 4 heteroatoms. The van der Waals surface area contributed by atoms with Gasteiger partial charge in [-0.05, 0) is 38.4 Å². The smallest absolute Gasteiger partial charge is 0.0507 e. The number of likely N-dealkylation sites (N-methyl/N-ethyl adjacent to an activating group) is 1. The fourth-order valence-corrected chi connectivity index (χ4v) is 3.34. The second-order valence-electron chi connectivity index (χ2n) is 5.90. The second kappa shape index (κ2) is 8.20. The van der Waals surface area contributed by atoms with Crippen LogP contribution in [-0.2, 0) is 4.74 Å². The molecule has 19 heavy (non-hydrogen) atoms. The third-order valence-corrected chi connectivity index (χ3v) is 4.64. The average molecular weight is 269 g/mol. The van der Waals surface area contributed by atoms with Crippen molar-refractivity contribution in [1.82, 2.24) is 15.1 Å². The molecule has 4 nitrogen and oxygen atoms in total. The Hall–Kier alpha value is -0.160. The maximum atomic E-state index is 5.40. The molecule has 0 aliphatic carbocycles. The Morgan fingerprint density at radius 3 is 2.79 bits per heavy atom. The first kappa shape index (κ1) is 15.2. The summed E-state index contributed by atoms with van der Waals surface area (Å²) in [6.45, 7) is 14.8. The zero-order valence-corrected chi connectivity index (χ0v) is 12.7.